The highest BCUT2D eigenvalue weighted by molar-refractivity contribution is 5.77. The fourth-order valence-electron chi connectivity index (χ4n) is 4.27. The van der Waals surface area contributed by atoms with Crippen molar-refractivity contribution < 1.29 is 14.3 Å². The Morgan fingerprint density at radius 3 is 2.72 bits per heavy atom. The summed E-state index contributed by atoms with van der Waals surface area (Å²) in [5.74, 6) is 1.94. The molecule has 1 aromatic heterocycles. The topological polar surface area (TPSA) is 66.6 Å². The molecule has 140 valence electrons. The maximum Gasteiger partial charge on any atom is 0.223 e. The number of aliphatic hydroxyl groups is 1. The van der Waals surface area contributed by atoms with Crippen molar-refractivity contribution >= 4 is 5.91 Å². The van der Waals surface area contributed by atoms with Gasteiger partial charge in [0.1, 0.15) is 5.76 Å². The average Bonchev–Trinajstić information content (AvgIpc) is 3.22. The highest BCUT2D eigenvalue weighted by Gasteiger charge is 2.38. The van der Waals surface area contributed by atoms with Crippen molar-refractivity contribution in [3.05, 3.63) is 17.8 Å². The van der Waals surface area contributed by atoms with E-state index in [4.69, 9.17) is 4.42 Å². The minimum Gasteiger partial charge on any atom is -0.445 e. The monoisotopic (exact) mass is 348 g/mol. The molecule has 0 unspecified atom stereocenters. The molecule has 3 rings (SSSR count). The SMILES string of the molecule is CC(C)(C)c1cnc(CCC(=O)N2CCC[C@@H]2[C@@H]2CCCC[C@H]2O)o1. The maximum absolute atomic E-state index is 12.8. The Bertz CT molecular complexity index is 590. The molecule has 25 heavy (non-hydrogen) atoms. The van der Waals surface area contributed by atoms with Gasteiger partial charge in [-0.3, -0.25) is 4.79 Å². The number of hydrogen-bond donors (Lipinski definition) is 1. The van der Waals surface area contributed by atoms with E-state index >= 15 is 0 Å². The minimum absolute atomic E-state index is 0.0631. The summed E-state index contributed by atoms with van der Waals surface area (Å²) in [4.78, 5) is 19.1. The molecule has 2 fully saturated rings. The van der Waals surface area contributed by atoms with Gasteiger partial charge >= 0.3 is 0 Å². The zero-order chi connectivity index (χ0) is 18.0. The molecule has 2 heterocycles. The molecule has 1 amide bonds. The number of rotatable bonds is 4. The first kappa shape index (κ1) is 18.4. The Labute approximate surface area is 150 Å². The van der Waals surface area contributed by atoms with E-state index in [1.165, 1.54) is 6.42 Å². The predicted molar refractivity (Wildman–Crippen MR) is 96.2 cm³/mol. The van der Waals surface area contributed by atoms with Gasteiger partial charge in [0.15, 0.2) is 5.89 Å². The second-order valence-electron chi connectivity index (χ2n) is 8.68. The number of aryl methyl sites for hydroxylation is 1. The van der Waals surface area contributed by atoms with Crippen LogP contribution in [0.5, 0.6) is 0 Å². The van der Waals surface area contributed by atoms with Gasteiger partial charge in [-0.2, -0.15) is 0 Å². The fourth-order valence-corrected chi connectivity index (χ4v) is 4.27. The summed E-state index contributed by atoms with van der Waals surface area (Å²) in [6.07, 6.45) is 8.80. The average molecular weight is 348 g/mol. The molecule has 5 heteroatoms. The van der Waals surface area contributed by atoms with Gasteiger partial charge in [0.2, 0.25) is 5.91 Å². The number of aliphatic hydroxyl groups excluding tert-OH is 1. The van der Waals surface area contributed by atoms with Crippen LogP contribution in [0.15, 0.2) is 10.6 Å². The number of carbonyl (C=O) groups excluding carboxylic acids is 1. The third kappa shape index (κ3) is 4.25. The zero-order valence-corrected chi connectivity index (χ0v) is 15.8. The van der Waals surface area contributed by atoms with Gasteiger partial charge in [-0.05, 0) is 25.7 Å². The first-order valence-electron chi connectivity index (χ1n) is 9.79. The van der Waals surface area contributed by atoms with E-state index in [0.717, 1.165) is 44.4 Å². The predicted octanol–water partition coefficient (Wildman–Crippen LogP) is 3.45. The van der Waals surface area contributed by atoms with Crippen LogP contribution in [-0.4, -0.2) is 39.6 Å². The van der Waals surface area contributed by atoms with E-state index in [1.54, 1.807) is 6.20 Å². The summed E-state index contributed by atoms with van der Waals surface area (Å²) in [5, 5.41) is 10.4. The zero-order valence-electron chi connectivity index (χ0n) is 15.8. The second-order valence-corrected chi connectivity index (χ2v) is 8.68. The smallest absolute Gasteiger partial charge is 0.223 e. The van der Waals surface area contributed by atoms with Gasteiger partial charge < -0.3 is 14.4 Å². The molecule has 1 aromatic rings. The summed E-state index contributed by atoms with van der Waals surface area (Å²) < 4.78 is 5.80. The van der Waals surface area contributed by atoms with E-state index in [2.05, 4.69) is 25.8 Å². The lowest BCUT2D eigenvalue weighted by molar-refractivity contribution is -0.134. The summed E-state index contributed by atoms with van der Waals surface area (Å²) in [6, 6.07) is 0.220. The van der Waals surface area contributed by atoms with E-state index in [0.29, 0.717) is 18.7 Å². The maximum atomic E-state index is 12.8. The third-order valence-electron chi connectivity index (χ3n) is 5.74. The molecule has 1 N–H and O–H groups in total. The third-order valence-corrected chi connectivity index (χ3v) is 5.74. The normalized spacial score (nSPS) is 27.7. The lowest BCUT2D eigenvalue weighted by Crippen LogP contribution is -2.45. The number of amides is 1. The van der Waals surface area contributed by atoms with Crippen LogP contribution in [0.3, 0.4) is 0 Å². The lowest BCUT2D eigenvalue weighted by atomic mass is 9.80. The van der Waals surface area contributed by atoms with Crippen molar-refractivity contribution in [2.45, 2.75) is 89.7 Å². The minimum atomic E-state index is -0.242. The summed E-state index contributed by atoms with van der Waals surface area (Å²) in [6.45, 7) is 7.10. The number of aromatic nitrogens is 1. The first-order valence-corrected chi connectivity index (χ1v) is 9.79. The van der Waals surface area contributed by atoms with Crippen molar-refractivity contribution in [1.82, 2.24) is 9.88 Å². The van der Waals surface area contributed by atoms with Crippen molar-refractivity contribution in [3.8, 4) is 0 Å². The van der Waals surface area contributed by atoms with Crippen LogP contribution in [-0.2, 0) is 16.6 Å². The number of carbonyl (C=O) groups is 1. The quantitative estimate of drug-likeness (QED) is 0.905. The molecule has 0 aromatic carbocycles. The molecule has 0 spiro atoms. The lowest BCUT2D eigenvalue weighted by Gasteiger charge is -2.37. The molecular weight excluding hydrogens is 316 g/mol. The Hall–Kier alpha value is -1.36. The summed E-state index contributed by atoms with van der Waals surface area (Å²) in [7, 11) is 0. The summed E-state index contributed by atoms with van der Waals surface area (Å²) >= 11 is 0. The van der Waals surface area contributed by atoms with Crippen molar-refractivity contribution in [2.24, 2.45) is 5.92 Å². The summed E-state index contributed by atoms with van der Waals surface area (Å²) in [5.41, 5.74) is -0.0631. The van der Waals surface area contributed by atoms with Gasteiger partial charge in [0.25, 0.3) is 0 Å². The second kappa shape index (κ2) is 7.48. The molecule has 1 aliphatic carbocycles. The van der Waals surface area contributed by atoms with Gasteiger partial charge in [-0.15, -0.1) is 0 Å². The van der Waals surface area contributed by atoms with E-state index in [1.807, 2.05) is 4.90 Å². The fraction of sp³-hybridized carbons (Fsp3) is 0.800. The largest absolute Gasteiger partial charge is 0.445 e. The highest BCUT2D eigenvalue weighted by Crippen LogP contribution is 2.35. The highest BCUT2D eigenvalue weighted by atomic mass is 16.4. The molecule has 1 aliphatic heterocycles. The standard InChI is InChI=1S/C20H32N2O3/c1-20(2,3)17-13-21-18(25-17)10-11-19(24)22-12-6-8-15(22)14-7-4-5-9-16(14)23/h13-16,23H,4-12H2,1-3H3/t14-,15+,16+/m0/s1. The van der Waals surface area contributed by atoms with Crippen LogP contribution in [0.4, 0.5) is 0 Å². The Morgan fingerprint density at radius 2 is 2.04 bits per heavy atom. The first-order chi connectivity index (χ1) is 11.9. The number of oxazole rings is 1. The van der Waals surface area contributed by atoms with Crippen molar-refractivity contribution in [3.63, 3.8) is 0 Å². The van der Waals surface area contributed by atoms with Gasteiger partial charge in [0, 0.05) is 36.8 Å². The molecule has 0 bridgehead atoms. The molecule has 3 atom stereocenters. The number of nitrogens with zero attached hydrogens (tertiary/aromatic N) is 2. The number of hydrogen-bond acceptors (Lipinski definition) is 4. The van der Waals surface area contributed by atoms with Gasteiger partial charge in [-0.1, -0.05) is 33.6 Å². The van der Waals surface area contributed by atoms with Gasteiger partial charge in [0.05, 0.1) is 12.3 Å². The number of likely N-dealkylation sites (tertiary alicyclic amines) is 1. The van der Waals surface area contributed by atoms with Crippen LogP contribution < -0.4 is 0 Å². The van der Waals surface area contributed by atoms with Crippen LogP contribution in [0, 0.1) is 5.92 Å². The van der Waals surface area contributed by atoms with E-state index < -0.39 is 0 Å². The van der Waals surface area contributed by atoms with Crippen LogP contribution in [0.1, 0.15) is 77.4 Å². The van der Waals surface area contributed by atoms with Crippen molar-refractivity contribution in [2.75, 3.05) is 6.54 Å². The molecular formula is C20H32N2O3. The van der Waals surface area contributed by atoms with Gasteiger partial charge in [-0.25, -0.2) is 4.98 Å². The molecule has 2 aliphatic rings. The Morgan fingerprint density at radius 1 is 1.28 bits per heavy atom. The van der Waals surface area contributed by atoms with Crippen LogP contribution in [0.25, 0.3) is 0 Å². The van der Waals surface area contributed by atoms with Crippen LogP contribution in [0.2, 0.25) is 0 Å². The Kier molecular flexibility index (Phi) is 5.52. The molecule has 5 nitrogen and oxygen atoms in total. The molecule has 1 saturated carbocycles. The van der Waals surface area contributed by atoms with Crippen LogP contribution >= 0.6 is 0 Å². The van der Waals surface area contributed by atoms with E-state index in [9.17, 15) is 9.90 Å². The molecule has 1 saturated heterocycles. The Balaban J connectivity index is 1.57. The van der Waals surface area contributed by atoms with Crippen molar-refractivity contribution in [1.29, 1.82) is 0 Å². The van der Waals surface area contributed by atoms with E-state index in [-0.39, 0.29) is 29.4 Å². The molecule has 0 radical (unpaired) electrons.